The number of benzene rings is 1. The molecule has 1 atom stereocenters. The quantitative estimate of drug-likeness (QED) is 0.829. The van der Waals surface area contributed by atoms with E-state index in [1.807, 2.05) is 0 Å². The lowest BCUT2D eigenvalue weighted by Gasteiger charge is -2.30. The summed E-state index contributed by atoms with van der Waals surface area (Å²) in [5, 5.41) is 10.5. The predicted molar refractivity (Wildman–Crippen MR) is 76.5 cm³/mol. The van der Waals surface area contributed by atoms with Crippen LogP contribution in [0.25, 0.3) is 0 Å². The van der Waals surface area contributed by atoms with Crippen LogP contribution in [0.2, 0.25) is 0 Å². The molecule has 1 aliphatic rings. The van der Waals surface area contributed by atoms with Gasteiger partial charge in [0.1, 0.15) is 0 Å². The minimum atomic E-state index is -0.256. The Balaban J connectivity index is 1.97. The van der Waals surface area contributed by atoms with Crippen LogP contribution < -0.4 is 0 Å². The molecule has 0 radical (unpaired) electrons. The molecule has 1 aromatic rings. The maximum Gasteiger partial charge on any atom is 0.0818 e. The third-order valence-electron chi connectivity index (χ3n) is 4.37. The highest BCUT2D eigenvalue weighted by atomic mass is 16.3. The number of aryl methyl sites for hydroxylation is 1. The molecule has 18 heavy (non-hydrogen) atoms. The Morgan fingerprint density at radius 1 is 1.11 bits per heavy atom. The fraction of sp³-hybridized carbons (Fsp3) is 0.647. The van der Waals surface area contributed by atoms with Gasteiger partial charge in [-0.25, -0.2) is 0 Å². The Bertz CT molecular complexity index is 346. The monoisotopic (exact) mass is 246 g/mol. The first-order chi connectivity index (χ1) is 8.70. The minimum absolute atomic E-state index is 0.256. The SMILES string of the molecule is CCCc1ccc(C(O)C2CCC(C)CC2)cc1. The number of aliphatic hydroxyl groups excluding tert-OH is 1. The highest BCUT2D eigenvalue weighted by molar-refractivity contribution is 5.24. The van der Waals surface area contributed by atoms with Gasteiger partial charge in [0.05, 0.1) is 6.10 Å². The van der Waals surface area contributed by atoms with Crippen LogP contribution in [0.3, 0.4) is 0 Å². The summed E-state index contributed by atoms with van der Waals surface area (Å²) in [4.78, 5) is 0. The lowest BCUT2D eigenvalue weighted by molar-refractivity contribution is 0.0755. The second-order valence-electron chi connectivity index (χ2n) is 5.96. The van der Waals surface area contributed by atoms with E-state index in [0.717, 1.165) is 17.9 Å². The summed E-state index contributed by atoms with van der Waals surface area (Å²) in [5.74, 6) is 1.32. The molecule has 2 rings (SSSR count). The van der Waals surface area contributed by atoms with Gasteiger partial charge in [-0.05, 0) is 42.2 Å². The summed E-state index contributed by atoms with van der Waals surface area (Å²) in [6, 6.07) is 8.59. The summed E-state index contributed by atoms with van der Waals surface area (Å²) >= 11 is 0. The Kier molecular flexibility index (Phi) is 4.82. The molecule has 1 heteroatoms. The predicted octanol–water partition coefficient (Wildman–Crippen LogP) is 4.50. The van der Waals surface area contributed by atoms with Gasteiger partial charge in [0.15, 0.2) is 0 Å². The van der Waals surface area contributed by atoms with Gasteiger partial charge in [0, 0.05) is 0 Å². The van der Waals surface area contributed by atoms with Crippen molar-refractivity contribution in [1.29, 1.82) is 0 Å². The van der Waals surface area contributed by atoms with Crippen molar-refractivity contribution in [2.45, 2.75) is 58.5 Å². The molecule has 1 N–H and O–H groups in total. The molecular formula is C17H26O. The first kappa shape index (κ1) is 13.6. The zero-order valence-corrected chi connectivity index (χ0v) is 11.7. The van der Waals surface area contributed by atoms with Crippen LogP contribution >= 0.6 is 0 Å². The van der Waals surface area contributed by atoms with Crippen LogP contribution in [-0.2, 0) is 6.42 Å². The Morgan fingerprint density at radius 2 is 1.72 bits per heavy atom. The zero-order chi connectivity index (χ0) is 13.0. The van der Waals surface area contributed by atoms with Gasteiger partial charge in [-0.15, -0.1) is 0 Å². The lowest BCUT2D eigenvalue weighted by atomic mass is 9.78. The van der Waals surface area contributed by atoms with Gasteiger partial charge in [-0.2, -0.15) is 0 Å². The van der Waals surface area contributed by atoms with Gasteiger partial charge >= 0.3 is 0 Å². The molecule has 0 heterocycles. The van der Waals surface area contributed by atoms with Crippen molar-refractivity contribution in [3.8, 4) is 0 Å². The third kappa shape index (κ3) is 3.35. The van der Waals surface area contributed by atoms with Crippen LogP contribution in [0.15, 0.2) is 24.3 Å². The maximum absolute atomic E-state index is 10.5. The van der Waals surface area contributed by atoms with Crippen molar-refractivity contribution in [3.63, 3.8) is 0 Å². The van der Waals surface area contributed by atoms with Crippen molar-refractivity contribution in [2.75, 3.05) is 0 Å². The molecule has 0 saturated heterocycles. The summed E-state index contributed by atoms with van der Waals surface area (Å²) in [5.41, 5.74) is 2.49. The van der Waals surface area contributed by atoms with Gasteiger partial charge in [0.25, 0.3) is 0 Å². The lowest BCUT2D eigenvalue weighted by Crippen LogP contribution is -2.19. The van der Waals surface area contributed by atoms with Crippen molar-refractivity contribution < 1.29 is 5.11 Å². The Morgan fingerprint density at radius 3 is 2.28 bits per heavy atom. The van der Waals surface area contributed by atoms with Crippen LogP contribution in [0, 0.1) is 11.8 Å². The molecule has 0 spiro atoms. The molecule has 1 saturated carbocycles. The Hall–Kier alpha value is -0.820. The molecular weight excluding hydrogens is 220 g/mol. The third-order valence-corrected chi connectivity index (χ3v) is 4.37. The second kappa shape index (κ2) is 6.38. The first-order valence-electron chi connectivity index (χ1n) is 7.47. The highest BCUT2D eigenvalue weighted by Gasteiger charge is 2.25. The summed E-state index contributed by atoms with van der Waals surface area (Å²) in [6.45, 7) is 4.52. The summed E-state index contributed by atoms with van der Waals surface area (Å²) in [7, 11) is 0. The first-order valence-corrected chi connectivity index (χ1v) is 7.47. The molecule has 1 nitrogen and oxygen atoms in total. The van der Waals surface area contributed by atoms with Gasteiger partial charge < -0.3 is 5.11 Å². The average molecular weight is 246 g/mol. The minimum Gasteiger partial charge on any atom is -0.388 e. The fourth-order valence-corrected chi connectivity index (χ4v) is 3.04. The van der Waals surface area contributed by atoms with E-state index in [4.69, 9.17) is 0 Å². The number of aliphatic hydroxyl groups is 1. The molecule has 1 unspecified atom stereocenters. The molecule has 0 bridgehead atoms. The normalized spacial score (nSPS) is 25.9. The van der Waals surface area contributed by atoms with Gasteiger partial charge in [0.2, 0.25) is 0 Å². The maximum atomic E-state index is 10.5. The van der Waals surface area contributed by atoms with E-state index in [9.17, 15) is 5.11 Å². The summed E-state index contributed by atoms with van der Waals surface area (Å²) in [6.07, 6.45) is 6.97. The van der Waals surface area contributed by atoms with Crippen LogP contribution in [-0.4, -0.2) is 5.11 Å². The zero-order valence-electron chi connectivity index (χ0n) is 11.7. The largest absolute Gasteiger partial charge is 0.388 e. The average Bonchev–Trinajstić information content (AvgIpc) is 2.40. The smallest absolute Gasteiger partial charge is 0.0818 e. The number of rotatable bonds is 4. The standard InChI is InChI=1S/C17H26O/c1-3-4-14-7-11-16(12-8-14)17(18)15-9-5-13(2)6-10-15/h7-8,11-13,15,17-18H,3-6,9-10H2,1-2H3. The fourth-order valence-electron chi connectivity index (χ4n) is 3.04. The van der Waals surface area contributed by atoms with E-state index < -0.39 is 0 Å². The van der Waals surface area contributed by atoms with E-state index in [0.29, 0.717) is 5.92 Å². The molecule has 100 valence electrons. The molecule has 0 amide bonds. The summed E-state index contributed by atoms with van der Waals surface area (Å²) < 4.78 is 0. The topological polar surface area (TPSA) is 20.2 Å². The highest BCUT2D eigenvalue weighted by Crippen LogP contribution is 2.36. The number of hydrogen-bond acceptors (Lipinski definition) is 1. The van der Waals surface area contributed by atoms with Crippen molar-refractivity contribution in [1.82, 2.24) is 0 Å². The van der Waals surface area contributed by atoms with Crippen molar-refractivity contribution >= 4 is 0 Å². The van der Waals surface area contributed by atoms with Crippen LogP contribution in [0.1, 0.15) is 63.2 Å². The molecule has 1 aromatic carbocycles. The molecule has 0 aliphatic heterocycles. The van der Waals surface area contributed by atoms with E-state index >= 15 is 0 Å². The van der Waals surface area contributed by atoms with Gasteiger partial charge in [-0.3, -0.25) is 0 Å². The Labute approximate surface area is 111 Å². The van der Waals surface area contributed by atoms with E-state index in [2.05, 4.69) is 38.1 Å². The van der Waals surface area contributed by atoms with Crippen LogP contribution in [0.5, 0.6) is 0 Å². The van der Waals surface area contributed by atoms with Gasteiger partial charge in [-0.1, -0.05) is 57.4 Å². The van der Waals surface area contributed by atoms with E-state index in [1.54, 1.807) is 0 Å². The van der Waals surface area contributed by atoms with Crippen molar-refractivity contribution in [2.24, 2.45) is 11.8 Å². The van der Waals surface area contributed by atoms with E-state index in [1.165, 1.54) is 37.7 Å². The van der Waals surface area contributed by atoms with Crippen molar-refractivity contribution in [3.05, 3.63) is 35.4 Å². The number of hydrogen-bond donors (Lipinski definition) is 1. The molecule has 1 aliphatic carbocycles. The molecule has 1 fully saturated rings. The van der Waals surface area contributed by atoms with E-state index in [-0.39, 0.29) is 6.10 Å². The molecule has 0 aromatic heterocycles. The van der Waals surface area contributed by atoms with Crippen LogP contribution in [0.4, 0.5) is 0 Å². The second-order valence-corrected chi connectivity index (χ2v) is 5.96.